The standard InChI is InChI=1S/C54H36N2O2/c57-45-34-24-39(25-35-45)38-18-28-42(29-19-38)55(43-32-22-40(23-33-43)46-11-7-12-50-49-10-3-6-15-53(49)58-54(46)50)41-26-16-36(17-27-41)37-20-30-44(31-21-37)56-51-13-4-1-8-47(51)48-9-2-5-14-52(48)56/h1-35,57H. The van der Waals surface area contributed by atoms with Crippen molar-refractivity contribution < 1.29 is 9.52 Å². The number of fused-ring (bicyclic) bond motifs is 6. The van der Waals surface area contributed by atoms with Crippen LogP contribution in [0.15, 0.2) is 217 Å². The molecule has 274 valence electrons. The zero-order valence-corrected chi connectivity index (χ0v) is 31.5. The molecule has 0 unspecified atom stereocenters. The number of aromatic hydroxyl groups is 1. The molecule has 4 nitrogen and oxygen atoms in total. The first-order valence-corrected chi connectivity index (χ1v) is 19.6. The number of rotatable bonds is 7. The lowest BCUT2D eigenvalue weighted by Gasteiger charge is -2.26. The van der Waals surface area contributed by atoms with Gasteiger partial charge in [0.1, 0.15) is 16.9 Å². The van der Waals surface area contributed by atoms with Crippen molar-refractivity contribution in [2.24, 2.45) is 0 Å². The van der Waals surface area contributed by atoms with Crippen LogP contribution in [0.3, 0.4) is 0 Å². The number of furan rings is 1. The van der Waals surface area contributed by atoms with E-state index >= 15 is 0 Å². The molecule has 0 aliphatic heterocycles. The lowest BCUT2D eigenvalue weighted by molar-refractivity contribution is 0.475. The van der Waals surface area contributed by atoms with Crippen LogP contribution in [0.2, 0.25) is 0 Å². The minimum atomic E-state index is 0.258. The third kappa shape index (κ3) is 5.70. The van der Waals surface area contributed by atoms with Crippen molar-refractivity contribution >= 4 is 60.8 Å². The molecule has 0 saturated carbocycles. The molecule has 11 rings (SSSR count). The van der Waals surface area contributed by atoms with Gasteiger partial charge in [-0.15, -0.1) is 0 Å². The van der Waals surface area contributed by atoms with Gasteiger partial charge in [-0.25, -0.2) is 0 Å². The van der Waals surface area contributed by atoms with E-state index in [1.54, 1.807) is 12.1 Å². The molecule has 9 aromatic carbocycles. The Hall–Kier alpha value is -7.82. The lowest BCUT2D eigenvalue weighted by atomic mass is 10.0. The summed E-state index contributed by atoms with van der Waals surface area (Å²) < 4.78 is 8.74. The van der Waals surface area contributed by atoms with E-state index in [2.05, 4.69) is 185 Å². The Kier molecular flexibility index (Phi) is 7.93. The molecule has 11 aromatic rings. The van der Waals surface area contributed by atoms with Gasteiger partial charge < -0.3 is 19.0 Å². The van der Waals surface area contributed by atoms with Crippen LogP contribution in [0.4, 0.5) is 17.1 Å². The van der Waals surface area contributed by atoms with Crippen molar-refractivity contribution in [1.29, 1.82) is 0 Å². The molecule has 0 atom stereocenters. The summed E-state index contributed by atoms with van der Waals surface area (Å²) in [6.45, 7) is 0. The van der Waals surface area contributed by atoms with E-state index in [1.807, 2.05) is 24.3 Å². The molecule has 4 heteroatoms. The fourth-order valence-electron chi connectivity index (χ4n) is 8.48. The first-order chi connectivity index (χ1) is 28.7. The summed E-state index contributed by atoms with van der Waals surface area (Å²) in [7, 11) is 0. The average molecular weight is 745 g/mol. The van der Waals surface area contributed by atoms with E-state index in [9.17, 15) is 5.11 Å². The van der Waals surface area contributed by atoms with Crippen LogP contribution in [0.5, 0.6) is 5.75 Å². The fraction of sp³-hybridized carbons (Fsp3) is 0. The minimum Gasteiger partial charge on any atom is -0.508 e. The molecule has 0 aliphatic carbocycles. The molecule has 0 spiro atoms. The number of hydrogen-bond donors (Lipinski definition) is 1. The van der Waals surface area contributed by atoms with Gasteiger partial charge in [-0.2, -0.15) is 0 Å². The van der Waals surface area contributed by atoms with Crippen LogP contribution in [-0.4, -0.2) is 9.67 Å². The molecule has 0 fully saturated rings. The van der Waals surface area contributed by atoms with Gasteiger partial charge in [-0.1, -0.05) is 133 Å². The van der Waals surface area contributed by atoms with Crippen molar-refractivity contribution in [3.63, 3.8) is 0 Å². The number of phenols is 1. The molecular weight excluding hydrogens is 709 g/mol. The molecular formula is C54H36N2O2. The minimum absolute atomic E-state index is 0.258. The van der Waals surface area contributed by atoms with Gasteiger partial charge in [0.15, 0.2) is 0 Å². The summed E-state index contributed by atoms with van der Waals surface area (Å²) in [6, 6.07) is 74.2. The first-order valence-electron chi connectivity index (χ1n) is 19.6. The molecule has 2 aromatic heterocycles. The SMILES string of the molecule is Oc1ccc(-c2ccc(N(c3ccc(-c4ccc(-n5c6ccccc6c6ccccc65)cc4)cc3)c3ccc(-c4cccc5c4oc4ccccc45)cc3)cc2)cc1. The smallest absolute Gasteiger partial charge is 0.143 e. The van der Waals surface area contributed by atoms with Gasteiger partial charge in [0, 0.05) is 49.9 Å². The van der Waals surface area contributed by atoms with E-state index in [4.69, 9.17) is 4.42 Å². The Morgan fingerprint density at radius 1 is 0.362 bits per heavy atom. The normalized spacial score (nSPS) is 11.5. The third-order valence-corrected chi connectivity index (χ3v) is 11.3. The highest BCUT2D eigenvalue weighted by Crippen LogP contribution is 2.40. The van der Waals surface area contributed by atoms with Crippen molar-refractivity contribution in [1.82, 2.24) is 4.57 Å². The van der Waals surface area contributed by atoms with Crippen molar-refractivity contribution in [3.8, 4) is 44.8 Å². The van der Waals surface area contributed by atoms with Gasteiger partial charge >= 0.3 is 0 Å². The molecule has 0 saturated heterocycles. The number of phenolic OH excluding ortho intramolecular Hbond substituents is 1. The van der Waals surface area contributed by atoms with Crippen molar-refractivity contribution in [3.05, 3.63) is 212 Å². The quantitative estimate of drug-likeness (QED) is 0.177. The highest BCUT2D eigenvalue weighted by atomic mass is 16.3. The van der Waals surface area contributed by atoms with Gasteiger partial charge in [0.05, 0.1) is 11.0 Å². The number of anilines is 3. The van der Waals surface area contributed by atoms with E-state index in [0.717, 1.165) is 78.1 Å². The third-order valence-electron chi connectivity index (χ3n) is 11.3. The van der Waals surface area contributed by atoms with E-state index in [-0.39, 0.29) is 5.75 Å². The maximum atomic E-state index is 9.85. The molecule has 0 radical (unpaired) electrons. The monoisotopic (exact) mass is 744 g/mol. The number of para-hydroxylation sites is 4. The Morgan fingerprint density at radius 2 is 0.793 bits per heavy atom. The maximum absolute atomic E-state index is 9.85. The van der Waals surface area contributed by atoms with Gasteiger partial charge in [-0.3, -0.25) is 0 Å². The summed E-state index contributed by atoms with van der Waals surface area (Å²) in [5, 5.41) is 14.6. The summed E-state index contributed by atoms with van der Waals surface area (Å²) in [5.41, 5.74) is 15.1. The van der Waals surface area contributed by atoms with Crippen LogP contribution < -0.4 is 4.90 Å². The molecule has 0 aliphatic rings. The summed E-state index contributed by atoms with van der Waals surface area (Å²) >= 11 is 0. The highest BCUT2D eigenvalue weighted by Gasteiger charge is 2.17. The van der Waals surface area contributed by atoms with E-state index in [1.165, 1.54) is 21.8 Å². The molecule has 2 heterocycles. The average Bonchev–Trinajstić information content (AvgIpc) is 3.84. The molecule has 1 N–H and O–H groups in total. The predicted molar refractivity (Wildman–Crippen MR) is 241 cm³/mol. The summed E-state index contributed by atoms with van der Waals surface area (Å²) in [4.78, 5) is 2.29. The molecule has 58 heavy (non-hydrogen) atoms. The lowest BCUT2D eigenvalue weighted by Crippen LogP contribution is -2.09. The largest absolute Gasteiger partial charge is 0.508 e. The Bertz CT molecular complexity index is 3200. The number of nitrogens with zero attached hydrogens (tertiary/aromatic N) is 2. The zero-order chi connectivity index (χ0) is 38.6. The van der Waals surface area contributed by atoms with Crippen LogP contribution in [0.1, 0.15) is 0 Å². The zero-order valence-electron chi connectivity index (χ0n) is 31.5. The van der Waals surface area contributed by atoms with E-state index < -0.39 is 0 Å². The maximum Gasteiger partial charge on any atom is 0.143 e. The second kappa shape index (κ2) is 13.7. The fourth-order valence-corrected chi connectivity index (χ4v) is 8.48. The van der Waals surface area contributed by atoms with Crippen LogP contribution in [0.25, 0.3) is 82.8 Å². The molecule has 0 bridgehead atoms. The van der Waals surface area contributed by atoms with Crippen molar-refractivity contribution in [2.45, 2.75) is 0 Å². The number of hydrogen-bond acceptors (Lipinski definition) is 3. The Balaban J connectivity index is 0.947. The Labute approximate surface area is 335 Å². The van der Waals surface area contributed by atoms with Crippen LogP contribution >= 0.6 is 0 Å². The van der Waals surface area contributed by atoms with E-state index in [0.29, 0.717) is 0 Å². The van der Waals surface area contributed by atoms with Gasteiger partial charge in [-0.05, 0) is 107 Å². The second-order valence-electron chi connectivity index (χ2n) is 14.7. The summed E-state index contributed by atoms with van der Waals surface area (Å²) in [6.07, 6.45) is 0. The number of benzene rings is 9. The predicted octanol–water partition coefficient (Wildman–Crippen LogP) is 14.9. The van der Waals surface area contributed by atoms with Crippen LogP contribution in [0, 0.1) is 0 Å². The number of aromatic nitrogens is 1. The second-order valence-corrected chi connectivity index (χ2v) is 14.7. The molecule has 0 amide bonds. The highest BCUT2D eigenvalue weighted by molar-refractivity contribution is 6.10. The summed E-state index contributed by atoms with van der Waals surface area (Å²) in [5.74, 6) is 0.258. The van der Waals surface area contributed by atoms with Gasteiger partial charge in [0.25, 0.3) is 0 Å². The van der Waals surface area contributed by atoms with Crippen molar-refractivity contribution in [2.75, 3.05) is 4.90 Å². The van der Waals surface area contributed by atoms with Gasteiger partial charge in [0.2, 0.25) is 0 Å². The first kappa shape index (κ1) is 33.5. The topological polar surface area (TPSA) is 41.5 Å². The Morgan fingerprint density at radius 3 is 1.34 bits per heavy atom. The van der Waals surface area contributed by atoms with Crippen LogP contribution in [-0.2, 0) is 0 Å².